The first-order valence-corrected chi connectivity index (χ1v) is 6.72. The minimum atomic E-state index is -0.375. The van der Waals surface area contributed by atoms with Crippen molar-refractivity contribution in [2.24, 2.45) is 5.73 Å². The summed E-state index contributed by atoms with van der Waals surface area (Å²) in [7, 11) is 0. The quantitative estimate of drug-likeness (QED) is 0.710. The lowest BCUT2D eigenvalue weighted by Crippen LogP contribution is -2.15. The van der Waals surface area contributed by atoms with Crippen molar-refractivity contribution >= 4 is 17.7 Å². The Labute approximate surface area is 101 Å². The third-order valence-electron chi connectivity index (χ3n) is 2.27. The van der Waals surface area contributed by atoms with Crippen LogP contribution in [0.5, 0.6) is 0 Å². The third-order valence-corrected chi connectivity index (χ3v) is 2.97. The lowest BCUT2D eigenvalue weighted by molar-refractivity contribution is 0.100. The Kier molecular flexibility index (Phi) is 5.96. The van der Waals surface area contributed by atoms with Crippen LogP contribution in [-0.4, -0.2) is 24.5 Å². The highest BCUT2D eigenvalue weighted by Gasteiger charge is 1.99. The van der Waals surface area contributed by atoms with Crippen LogP contribution in [-0.2, 0) is 6.54 Å². The molecule has 0 aromatic heterocycles. The van der Waals surface area contributed by atoms with E-state index in [-0.39, 0.29) is 5.91 Å². The van der Waals surface area contributed by atoms with E-state index in [1.807, 2.05) is 23.9 Å². The number of primary amides is 1. The molecule has 0 heterocycles. The standard InChI is InChI=1S/C12H18N2OS/c1-16-8-2-7-14-9-10-3-5-11(6-4-10)12(13)15/h3-6,14H,2,7-9H2,1H3,(H2,13,15). The number of hydrogen-bond acceptors (Lipinski definition) is 3. The van der Waals surface area contributed by atoms with Gasteiger partial charge in [0, 0.05) is 12.1 Å². The summed E-state index contributed by atoms with van der Waals surface area (Å²) in [6.07, 6.45) is 3.29. The Morgan fingerprint density at radius 1 is 1.38 bits per heavy atom. The van der Waals surface area contributed by atoms with Crippen molar-refractivity contribution in [1.82, 2.24) is 5.32 Å². The Balaban J connectivity index is 2.29. The van der Waals surface area contributed by atoms with E-state index in [0.29, 0.717) is 5.56 Å². The lowest BCUT2D eigenvalue weighted by Gasteiger charge is -2.04. The summed E-state index contributed by atoms with van der Waals surface area (Å²) in [5, 5.41) is 3.36. The van der Waals surface area contributed by atoms with Crippen molar-refractivity contribution in [2.75, 3.05) is 18.6 Å². The first kappa shape index (κ1) is 13.1. The molecule has 1 rings (SSSR count). The van der Waals surface area contributed by atoms with Gasteiger partial charge in [0.15, 0.2) is 0 Å². The van der Waals surface area contributed by atoms with Crippen molar-refractivity contribution in [3.05, 3.63) is 35.4 Å². The van der Waals surface area contributed by atoms with Crippen LogP contribution in [0.15, 0.2) is 24.3 Å². The Bertz CT molecular complexity index is 324. The summed E-state index contributed by atoms with van der Waals surface area (Å²) in [4.78, 5) is 10.8. The third kappa shape index (κ3) is 4.68. The van der Waals surface area contributed by atoms with Gasteiger partial charge >= 0.3 is 0 Å². The van der Waals surface area contributed by atoms with Crippen molar-refractivity contribution in [3.8, 4) is 0 Å². The van der Waals surface area contributed by atoms with Crippen molar-refractivity contribution in [2.45, 2.75) is 13.0 Å². The summed E-state index contributed by atoms with van der Waals surface area (Å²) < 4.78 is 0. The summed E-state index contributed by atoms with van der Waals surface area (Å²) in [6, 6.07) is 7.39. The first-order valence-electron chi connectivity index (χ1n) is 5.32. The zero-order chi connectivity index (χ0) is 11.8. The van der Waals surface area contributed by atoms with E-state index >= 15 is 0 Å². The second-order valence-electron chi connectivity index (χ2n) is 3.58. The molecule has 1 amide bonds. The predicted molar refractivity (Wildman–Crippen MR) is 69.7 cm³/mol. The van der Waals surface area contributed by atoms with Crippen LogP contribution >= 0.6 is 11.8 Å². The maximum Gasteiger partial charge on any atom is 0.248 e. The largest absolute Gasteiger partial charge is 0.366 e. The number of rotatable bonds is 7. The average molecular weight is 238 g/mol. The summed E-state index contributed by atoms with van der Waals surface area (Å²) >= 11 is 1.86. The number of nitrogens with two attached hydrogens (primary N) is 1. The molecule has 0 spiro atoms. The van der Waals surface area contributed by atoms with E-state index in [4.69, 9.17) is 5.73 Å². The summed E-state index contributed by atoms with van der Waals surface area (Å²) in [5.41, 5.74) is 6.90. The molecule has 1 aromatic rings. The number of thioether (sulfide) groups is 1. The molecule has 0 atom stereocenters. The van der Waals surface area contributed by atoms with Crippen molar-refractivity contribution < 1.29 is 4.79 Å². The molecule has 1 aromatic carbocycles. The second kappa shape index (κ2) is 7.30. The average Bonchev–Trinajstić information content (AvgIpc) is 2.29. The molecule has 0 saturated carbocycles. The monoisotopic (exact) mass is 238 g/mol. The van der Waals surface area contributed by atoms with Gasteiger partial charge in [-0.2, -0.15) is 11.8 Å². The van der Waals surface area contributed by atoms with E-state index in [1.165, 1.54) is 17.7 Å². The van der Waals surface area contributed by atoms with Gasteiger partial charge in [0.25, 0.3) is 0 Å². The highest BCUT2D eigenvalue weighted by Crippen LogP contribution is 2.03. The van der Waals surface area contributed by atoms with Crippen LogP contribution in [0.1, 0.15) is 22.3 Å². The van der Waals surface area contributed by atoms with E-state index in [2.05, 4.69) is 11.6 Å². The molecule has 0 bridgehead atoms. The molecule has 0 aliphatic heterocycles. The van der Waals surface area contributed by atoms with Crippen LogP contribution in [0, 0.1) is 0 Å². The van der Waals surface area contributed by atoms with Gasteiger partial charge in [-0.3, -0.25) is 4.79 Å². The smallest absolute Gasteiger partial charge is 0.248 e. The Hall–Kier alpha value is -1.00. The molecule has 16 heavy (non-hydrogen) atoms. The van der Waals surface area contributed by atoms with E-state index in [9.17, 15) is 4.79 Å². The van der Waals surface area contributed by atoms with E-state index in [0.717, 1.165) is 13.1 Å². The van der Waals surface area contributed by atoms with Crippen molar-refractivity contribution in [1.29, 1.82) is 0 Å². The fourth-order valence-electron chi connectivity index (χ4n) is 1.36. The molecule has 3 nitrogen and oxygen atoms in total. The lowest BCUT2D eigenvalue weighted by atomic mass is 10.1. The van der Waals surface area contributed by atoms with Gasteiger partial charge in [0.2, 0.25) is 5.91 Å². The Morgan fingerprint density at radius 2 is 2.06 bits per heavy atom. The van der Waals surface area contributed by atoms with Crippen molar-refractivity contribution in [3.63, 3.8) is 0 Å². The summed E-state index contributed by atoms with van der Waals surface area (Å²) in [6.45, 7) is 1.87. The molecule has 0 aliphatic carbocycles. The number of carbonyl (C=O) groups excluding carboxylic acids is 1. The minimum Gasteiger partial charge on any atom is -0.366 e. The number of benzene rings is 1. The van der Waals surface area contributed by atoms with Gasteiger partial charge in [0.05, 0.1) is 0 Å². The predicted octanol–water partition coefficient (Wildman–Crippen LogP) is 1.63. The zero-order valence-electron chi connectivity index (χ0n) is 9.53. The highest BCUT2D eigenvalue weighted by molar-refractivity contribution is 7.98. The van der Waals surface area contributed by atoms with Gasteiger partial charge in [-0.15, -0.1) is 0 Å². The maximum absolute atomic E-state index is 10.8. The Morgan fingerprint density at radius 3 is 2.62 bits per heavy atom. The molecular weight excluding hydrogens is 220 g/mol. The van der Waals surface area contributed by atoms with Gasteiger partial charge in [0.1, 0.15) is 0 Å². The highest BCUT2D eigenvalue weighted by atomic mass is 32.2. The normalized spacial score (nSPS) is 10.3. The van der Waals surface area contributed by atoms with Crippen LogP contribution in [0.2, 0.25) is 0 Å². The second-order valence-corrected chi connectivity index (χ2v) is 4.57. The van der Waals surface area contributed by atoms with Crippen LogP contribution < -0.4 is 11.1 Å². The number of nitrogens with one attached hydrogen (secondary N) is 1. The first-order chi connectivity index (χ1) is 7.74. The molecule has 0 aliphatic rings. The molecule has 0 radical (unpaired) electrons. The molecule has 0 saturated heterocycles. The number of amides is 1. The zero-order valence-corrected chi connectivity index (χ0v) is 10.3. The molecule has 88 valence electrons. The SMILES string of the molecule is CSCCCNCc1ccc(C(N)=O)cc1. The molecule has 0 fully saturated rings. The van der Waals surface area contributed by atoms with Gasteiger partial charge in [-0.25, -0.2) is 0 Å². The van der Waals surface area contributed by atoms with Crippen LogP contribution in [0.4, 0.5) is 0 Å². The molecular formula is C12H18N2OS. The van der Waals surface area contributed by atoms with Gasteiger partial charge in [-0.05, 0) is 42.7 Å². The number of carbonyl (C=O) groups is 1. The molecule has 3 N–H and O–H groups in total. The molecule has 0 unspecified atom stereocenters. The van der Waals surface area contributed by atoms with Gasteiger partial charge in [-0.1, -0.05) is 12.1 Å². The topological polar surface area (TPSA) is 55.1 Å². The van der Waals surface area contributed by atoms with Crippen LogP contribution in [0.3, 0.4) is 0 Å². The number of hydrogen-bond donors (Lipinski definition) is 2. The summed E-state index contributed by atoms with van der Waals surface area (Å²) in [5.74, 6) is 0.813. The van der Waals surface area contributed by atoms with Gasteiger partial charge < -0.3 is 11.1 Å². The van der Waals surface area contributed by atoms with E-state index < -0.39 is 0 Å². The fourth-order valence-corrected chi connectivity index (χ4v) is 1.79. The van der Waals surface area contributed by atoms with E-state index in [1.54, 1.807) is 12.1 Å². The van der Waals surface area contributed by atoms with Crippen LogP contribution in [0.25, 0.3) is 0 Å². The minimum absolute atomic E-state index is 0.375. The maximum atomic E-state index is 10.8. The molecule has 4 heteroatoms. The fraction of sp³-hybridized carbons (Fsp3) is 0.417.